The molecular formula is C12H16O5. The normalized spacial score (nSPS) is 13.9. The van der Waals surface area contributed by atoms with E-state index in [1.807, 2.05) is 0 Å². The molecule has 94 valence electrons. The monoisotopic (exact) mass is 240 g/mol. The lowest BCUT2D eigenvalue weighted by molar-refractivity contribution is -0.144. The van der Waals surface area contributed by atoms with Crippen LogP contribution in [-0.4, -0.2) is 36.5 Å². The van der Waals surface area contributed by atoms with Crippen molar-refractivity contribution in [1.29, 1.82) is 0 Å². The second-order valence-electron chi connectivity index (χ2n) is 3.57. The minimum absolute atomic E-state index is 0.255. The van der Waals surface area contributed by atoms with Gasteiger partial charge in [0.25, 0.3) is 0 Å². The van der Waals surface area contributed by atoms with E-state index in [1.165, 1.54) is 14.2 Å². The van der Waals surface area contributed by atoms with Crippen molar-refractivity contribution in [3.05, 3.63) is 29.8 Å². The first-order chi connectivity index (χ1) is 8.08. The molecule has 5 heteroatoms. The molecule has 0 aliphatic rings. The second kappa shape index (κ2) is 6.22. The third kappa shape index (κ3) is 3.72. The van der Waals surface area contributed by atoms with Crippen molar-refractivity contribution in [2.24, 2.45) is 0 Å². The molecule has 0 aromatic heterocycles. The predicted octanol–water partition coefficient (Wildman–Crippen LogP) is 0.653. The van der Waals surface area contributed by atoms with E-state index in [0.29, 0.717) is 11.3 Å². The van der Waals surface area contributed by atoms with Crippen LogP contribution in [-0.2, 0) is 9.53 Å². The maximum absolute atomic E-state index is 11.0. The second-order valence-corrected chi connectivity index (χ2v) is 3.57. The molecule has 1 aromatic carbocycles. The van der Waals surface area contributed by atoms with Gasteiger partial charge in [-0.3, -0.25) is 4.79 Å². The fraction of sp³-hybridized carbons (Fsp3) is 0.417. The van der Waals surface area contributed by atoms with Gasteiger partial charge in [0, 0.05) is 0 Å². The molecule has 5 nitrogen and oxygen atoms in total. The molecule has 0 amide bonds. The van der Waals surface area contributed by atoms with Gasteiger partial charge >= 0.3 is 5.97 Å². The number of hydrogen-bond acceptors (Lipinski definition) is 5. The Balaban J connectivity index is 2.73. The molecule has 0 saturated heterocycles. The molecular weight excluding hydrogens is 224 g/mol. The number of ether oxygens (including phenoxy) is 2. The highest BCUT2D eigenvalue weighted by molar-refractivity contribution is 5.69. The quantitative estimate of drug-likeness (QED) is 0.739. The van der Waals surface area contributed by atoms with E-state index in [1.54, 1.807) is 24.3 Å². The molecule has 2 N–H and O–H groups in total. The summed E-state index contributed by atoms with van der Waals surface area (Å²) in [6.45, 7) is 0. The number of carbonyl (C=O) groups is 1. The van der Waals surface area contributed by atoms with Gasteiger partial charge < -0.3 is 19.7 Å². The summed E-state index contributed by atoms with van der Waals surface area (Å²) in [6, 6.07) is 6.67. The third-order valence-corrected chi connectivity index (χ3v) is 2.40. The van der Waals surface area contributed by atoms with Gasteiger partial charge in [-0.2, -0.15) is 0 Å². The zero-order valence-electron chi connectivity index (χ0n) is 9.79. The van der Waals surface area contributed by atoms with Gasteiger partial charge in [0.05, 0.1) is 26.7 Å². The molecule has 0 heterocycles. The van der Waals surface area contributed by atoms with Crippen molar-refractivity contribution in [2.45, 2.75) is 18.6 Å². The first kappa shape index (κ1) is 13.5. The lowest BCUT2D eigenvalue weighted by Crippen LogP contribution is -2.22. The van der Waals surface area contributed by atoms with E-state index in [9.17, 15) is 15.0 Å². The fourth-order valence-corrected chi connectivity index (χ4v) is 1.41. The molecule has 0 fully saturated rings. The lowest BCUT2D eigenvalue weighted by atomic mass is 10.0. The average molecular weight is 240 g/mol. The zero-order chi connectivity index (χ0) is 12.8. The predicted molar refractivity (Wildman–Crippen MR) is 60.6 cm³/mol. The van der Waals surface area contributed by atoms with E-state index in [2.05, 4.69) is 4.74 Å². The smallest absolute Gasteiger partial charge is 0.308 e. The van der Waals surface area contributed by atoms with Crippen LogP contribution in [0.4, 0.5) is 0 Å². The molecule has 0 saturated carbocycles. The summed E-state index contributed by atoms with van der Waals surface area (Å²) < 4.78 is 9.42. The minimum atomic E-state index is -1.20. The van der Waals surface area contributed by atoms with E-state index in [0.717, 1.165) is 0 Å². The van der Waals surface area contributed by atoms with Crippen LogP contribution >= 0.6 is 0 Å². The number of aliphatic hydroxyl groups is 2. The fourth-order valence-electron chi connectivity index (χ4n) is 1.41. The van der Waals surface area contributed by atoms with Crippen molar-refractivity contribution >= 4 is 5.97 Å². The molecule has 17 heavy (non-hydrogen) atoms. The SMILES string of the molecule is COC(=O)CC(O)C(O)c1cccc(OC)c1. The van der Waals surface area contributed by atoms with Crippen LogP contribution < -0.4 is 4.74 Å². The molecule has 1 rings (SSSR count). The van der Waals surface area contributed by atoms with Crippen LogP contribution in [0.1, 0.15) is 18.1 Å². The van der Waals surface area contributed by atoms with Crippen molar-refractivity contribution in [2.75, 3.05) is 14.2 Å². The summed E-state index contributed by atoms with van der Waals surface area (Å²) in [5.41, 5.74) is 0.487. The first-order valence-corrected chi connectivity index (χ1v) is 5.15. The minimum Gasteiger partial charge on any atom is -0.497 e. The Morgan fingerprint density at radius 3 is 2.65 bits per heavy atom. The van der Waals surface area contributed by atoms with Gasteiger partial charge in [0.2, 0.25) is 0 Å². The van der Waals surface area contributed by atoms with Crippen molar-refractivity contribution in [1.82, 2.24) is 0 Å². The number of benzene rings is 1. The Labute approximate surface area is 99.6 Å². The summed E-state index contributed by atoms with van der Waals surface area (Å²) in [7, 11) is 2.74. The molecule has 0 aliphatic carbocycles. The zero-order valence-corrected chi connectivity index (χ0v) is 9.79. The summed E-state index contributed by atoms with van der Waals surface area (Å²) in [5.74, 6) is 0.00580. The van der Waals surface area contributed by atoms with Crippen LogP contribution in [0.5, 0.6) is 5.75 Å². The van der Waals surface area contributed by atoms with E-state index in [4.69, 9.17) is 4.74 Å². The van der Waals surface area contributed by atoms with E-state index < -0.39 is 18.2 Å². The van der Waals surface area contributed by atoms with Crippen LogP contribution in [0, 0.1) is 0 Å². The summed E-state index contributed by atoms with van der Waals surface area (Å²) >= 11 is 0. The number of hydrogen-bond donors (Lipinski definition) is 2. The Morgan fingerprint density at radius 2 is 2.06 bits per heavy atom. The van der Waals surface area contributed by atoms with Crippen LogP contribution in [0.15, 0.2) is 24.3 Å². The highest BCUT2D eigenvalue weighted by Gasteiger charge is 2.22. The largest absolute Gasteiger partial charge is 0.497 e. The van der Waals surface area contributed by atoms with Gasteiger partial charge in [0.1, 0.15) is 11.9 Å². The van der Waals surface area contributed by atoms with Crippen LogP contribution in [0.3, 0.4) is 0 Å². The highest BCUT2D eigenvalue weighted by Crippen LogP contribution is 2.23. The number of esters is 1. The Bertz CT molecular complexity index is 377. The van der Waals surface area contributed by atoms with Crippen LogP contribution in [0.25, 0.3) is 0 Å². The highest BCUT2D eigenvalue weighted by atomic mass is 16.5. The molecule has 1 aromatic rings. The molecule has 0 aliphatic heterocycles. The topological polar surface area (TPSA) is 76.0 Å². The average Bonchev–Trinajstić information content (AvgIpc) is 2.37. The summed E-state index contributed by atoms with van der Waals surface area (Å²) in [4.78, 5) is 11.0. The molecule has 0 spiro atoms. The van der Waals surface area contributed by atoms with Crippen molar-refractivity contribution in [3.8, 4) is 5.75 Å². The maximum Gasteiger partial charge on any atom is 0.308 e. The van der Waals surface area contributed by atoms with Gasteiger partial charge in [-0.15, -0.1) is 0 Å². The summed E-state index contributed by atoms with van der Waals surface area (Å²) in [6.07, 6.45) is -2.60. The van der Waals surface area contributed by atoms with Crippen molar-refractivity contribution in [3.63, 3.8) is 0 Å². The lowest BCUT2D eigenvalue weighted by Gasteiger charge is -2.17. The summed E-state index contributed by atoms with van der Waals surface area (Å²) in [5, 5.41) is 19.5. The van der Waals surface area contributed by atoms with Crippen molar-refractivity contribution < 1.29 is 24.5 Å². The van der Waals surface area contributed by atoms with E-state index in [-0.39, 0.29) is 6.42 Å². The molecule has 0 bridgehead atoms. The Morgan fingerprint density at radius 1 is 1.35 bits per heavy atom. The van der Waals surface area contributed by atoms with E-state index >= 15 is 0 Å². The third-order valence-electron chi connectivity index (χ3n) is 2.40. The Hall–Kier alpha value is -1.59. The number of aliphatic hydroxyl groups excluding tert-OH is 2. The Kier molecular flexibility index (Phi) is 4.93. The first-order valence-electron chi connectivity index (χ1n) is 5.15. The maximum atomic E-state index is 11.0. The molecule has 0 radical (unpaired) electrons. The van der Waals surface area contributed by atoms with Gasteiger partial charge in [-0.25, -0.2) is 0 Å². The number of methoxy groups -OCH3 is 2. The number of rotatable bonds is 5. The standard InChI is InChI=1S/C12H16O5/c1-16-9-5-3-4-8(6-9)12(15)10(13)7-11(14)17-2/h3-6,10,12-13,15H,7H2,1-2H3. The number of carbonyl (C=O) groups excluding carboxylic acids is 1. The van der Waals surface area contributed by atoms with Crippen LogP contribution in [0.2, 0.25) is 0 Å². The van der Waals surface area contributed by atoms with Gasteiger partial charge in [-0.05, 0) is 17.7 Å². The van der Waals surface area contributed by atoms with Gasteiger partial charge in [-0.1, -0.05) is 12.1 Å². The molecule has 2 unspecified atom stereocenters. The molecule has 2 atom stereocenters. The van der Waals surface area contributed by atoms with Gasteiger partial charge in [0.15, 0.2) is 0 Å².